The second-order valence-corrected chi connectivity index (χ2v) is 6.52. The van der Waals surface area contributed by atoms with E-state index in [1.165, 1.54) is 12.1 Å². The molecule has 0 unspecified atom stereocenters. The van der Waals surface area contributed by atoms with Gasteiger partial charge < -0.3 is 10.4 Å². The number of anilines is 1. The number of carbonyl (C=O) groups excluding carboxylic acids is 1. The number of carbonyl (C=O) groups is 2. The summed E-state index contributed by atoms with van der Waals surface area (Å²) in [5, 5.41) is 11.7. The number of fused-ring (bicyclic) bond motifs is 1. The summed E-state index contributed by atoms with van der Waals surface area (Å²) >= 11 is 6.84. The summed E-state index contributed by atoms with van der Waals surface area (Å²) in [5.41, 5.74) is 3.05. The molecule has 1 aliphatic rings. The van der Waals surface area contributed by atoms with E-state index in [0.717, 1.165) is 25.8 Å². The van der Waals surface area contributed by atoms with Crippen molar-refractivity contribution in [3.63, 3.8) is 0 Å². The molecule has 0 aromatic heterocycles. The zero-order chi connectivity index (χ0) is 15.9. The van der Waals surface area contributed by atoms with Gasteiger partial charge in [0.05, 0.1) is 11.3 Å². The summed E-state index contributed by atoms with van der Waals surface area (Å²) in [6.45, 7) is 0. The first-order valence-corrected chi connectivity index (χ1v) is 7.90. The molecule has 1 heterocycles. The zero-order valence-corrected chi connectivity index (χ0v) is 14.2. The van der Waals surface area contributed by atoms with Crippen molar-refractivity contribution in [2.75, 3.05) is 5.32 Å². The van der Waals surface area contributed by atoms with E-state index < -0.39 is 5.97 Å². The Morgan fingerprint density at radius 2 is 1.82 bits per heavy atom. The molecule has 0 saturated heterocycles. The van der Waals surface area contributed by atoms with Gasteiger partial charge in [-0.05, 0) is 51.8 Å². The maximum absolute atomic E-state index is 12.2. The van der Waals surface area contributed by atoms with Crippen LogP contribution in [-0.2, 0) is 4.79 Å². The molecule has 22 heavy (non-hydrogen) atoms. The van der Waals surface area contributed by atoms with E-state index in [2.05, 4.69) is 37.2 Å². The number of halogens is 2. The lowest BCUT2D eigenvalue weighted by atomic mass is 10.0. The van der Waals surface area contributed by atoms with Gasteiger partial charge >= 0.3 is 5.97 Å². The van der Waals surface area contributed by atoms with Crippen LogP contribution in [0.2, 0.25) is 0 Å². The third kappa shape index (κ3) is 2.71. The van der Waals surface area contributed by atoms with Gasteiger partial charge in [0.2, 0.25) is 0 Å². The van der Waals surface area contributed by atoms with Gasteiger partial charge in [0.25, 0.3) is 5.91 Å². The van der Waals surface area contributed by atoms with Crippen molar-refractivity contribution in [1.29, 1.82) is 0 Å². The highest BCUT2D eigenvalue weighted by Gasteiger charge is 2.26. The second kappa shape index (κ2) is 5.70. The van der Waals surface area contributed by atoms with Crippen LogP contribution < -0.4 is 5.32 Å². The predicted octanol–water partition coefficient (Wildman–Crippen LogP) is 4.40. The van der Waals surface area contributed by atoms with Crippen LogP contribution in [-0.4, -0.2) is 17.0 Å². The Hall–Kier alpha value is -1.92. The quantitative estimate of drug-likeness (QED) is 0.704. The fourth-order valence-corrected chi connectivity index (χ4v) is 3.57. The molecule has 4 nitrogen and oxygen atoms in total. The Bertz CT molecular complexity index is 826. The monoisotopic (exact) mass is 421 g/mol. The number of hydrogen-bond donors (Lipinski definition) is 2. The largest absolute Gasteiger partial charge is 0.478 e. The van der Waals surface area contributed by atoms with Gasteiger partial charge in [0, 0.05) is 20.1 Å². The van der Waals surface area contributed by atoms with Gasteiger partial charge in [-0.25, -0.2) is 4.79 Å². The minimum Gasteiger partial charge on any atom is -0.478 e. The van der Waals surface area contributed by atoms with Crippen LogP contribution in [0, 0.1) is 0 Å². The first-order chi connectivity index (χ1) is 10.5. The van der Waals surface area contributed by atoms with Crippen molar-refractivity contribution >= 4 is 61.1 Å². The third-order valence-corrected chi connectivity index (χ3v) is 4.38. The molecule has 0 radical (unpaired) electrons. The summed E-state index contributed by atoms with van der Waals surface area (Å²) in [6.07, 6.45) is 1.74. The molecule has 1 aliphatic heterocycles. The maximum atomic E-state index is 12.2. The zero-order valence-electron chi connectivity index (χ0n) is 11.1. The number of nitrogens with one attached hydrogen (secondary N) is 1. The molecule has 2 N–H and O–H groups in total. The molecule has 0 aliphatic carbocycles. The first kappa shape index (κ1) is 15.0. The number of benzene rings is 2. The first-order valence-electron chi connectivity index (χ1n) is 6.31. The molecule has 0 atom stereocenters. The summed E-state index contributed by atoms with van der Waals surface area (Å²) in [4.78, 5) is 23.0. The Balaban J connectivity index is 2.06. The highest BCUT2D eigenvalue weighted by Crippen LogP contribution is 2.40. The van der Waals surface area contributed by atoms with E-state index in [0.29, 0.717) is 5.57 Å². The number of aromatic carboxylic acids is 1. The lowest BCUT2D eigenvalue weighted by Crippen LogP contribution is -2.03. The van der Waals surface area contributed by atoms with Crippen molar-refractivity contribution in [2.24, 2.45) is 0 Å². The van der Waals surface area contributed by atoms with Crippen LogP contribution in [0.15, 0.2) is 45.3 Å². The van der Waals surface area contributed by atoms with Gasteiger partial charge in [-0.3, -0.25) is 4.79 Å². The Morgan fingerprint density at radius 1 is 1.14 bits per heavy atom. The number of rotatable bonds is 2. The van der Waals surface area contributed by atoms with E-state index in [4.69, 9.17) is 5.11 Å². The van der Waals surface area contributed by atoms with Crippen molar-refractivity contribution in [3.05, 3.63) is 62.0 Å². The molecule has 0 spiro atoms. The highest BCUT2D eigenvalue weighted by atomic mass is 79.9. The van der Waals surface area contributed by atoms with Crippen molar-refractivity contribution < 1.29 is 14.7 Å². The molecule has 6 heteroatoms. The molecule has 0 bridgehead atoms. The van der Waals surface area contributed by atoms with Crippen molar-refractivity contribution in [3.8, 4) is 0 Å². The topological polar surface area (TPSA) is 66.4 Å². The second-order valence-electron chi connectivity index (χ2n) is 4.75. The number of carboxylic acid groups (broad SMARTS) is 1. The molecular formula is C16H9Br2NO3. The number of hydrogen-bond acceptors (Lipinski definition) is 2. The van der Waals surface area contributed by atoms with Crippen LogP contribution in [0.3, 0.4) is 0 Å². The van der Waals surface area contributed by atoms with Crippen LogP contribution in [0.4, 0.5) is 5.69 Å². The summed E-state index contributed by atoms with van der Waals surface area (Å²) in [5.74, 6) is -1.16. The minimum absolute atomic E-state index is 0.184. The molecule has 110 valence electrons. The summed E-state index contributed by atoms with van der Waals surface area (Å²) in [6, 6.07) is 10.1. The van der Waals surface area contributed by atoms with E-state index in [-0.39, 0.29) is 11.5 Å². The van der Waals surface area contributed by atoms with Gasteiger partial charge in [-0.15, -0.1) is 0 Å². The normalized spacial score (nSPS) is 14.8. The van der Waals surface area contributed by atoms with Crippen molar-refractivity contribution in [2.45, 2.75) is 0 Å². The standard InChI is InChI=1S/C16H9Br2NO3/c17-10-6-11-12(15(20)19-14(11)13(18)7-10)5-8-1-3-9(4-2-8)16(21)22/h1-7H,(H,19,20)(H,21,22). The van der Waals surface area contributed by atoms with Crippen LogP contribution in [0.1, 0.15) is 21.5 Å². The Labute approximate surface area is 143 Å². The van der Waals surface area contributed by atoms with Gasteiger partial charge in [-0.2, -0.15) is 0 Å². The molecule has 2 aromatic carbocycles. The molecule has 0 fully saturated rings. The van der Waals surface area contributed by atoms with Crippen LogP contribution >= 0.6 is 31.9 Å². The van der Waals surface area contributed by atoms with Crippen LogP contribution in [0.5, 0.6) is 0 Å². The number of amides is 1. The van der Waals surface area contributed by atoms with E-state index >= 15 is 0 Å². The van der Waals surface area contributed by atoms with Crippen molar-refractivity contribution in [1.82, 2.24) is 0 Å². The summed E-state index contributed by atoms with van der Waals surface area (Å²) in [7, 11) is 0. The summed E-state index contributed by atoms with van der Waals surface area (Å²) < 4.78 is 1.66. The Kier molecular flexibility index (Phi) is 3.88. The predicted molar refractivity (Wildman–Crippen MR) is 91.7 cm³/mol. The lowest BCUT2D eigenvalue weighted by Gasteiger charge is -2.03. The van der Waals surface area contributed by atoms with E-state index in [1.807, 2.05) is 12.1 Å². The molecule has 3 rings (SSSR count). The fourth-order valence-electron chi connectivity index (χ4n) is 2.25. The Morgan fingerprint density at radius 3 is 2.45 bits per heavy atom. The maximum Gasteiger partial charge on any atom is 0.335 e. The minimum atomic E-state index is -0.976. The molecule has 0 saturated carbocycles. The lowest BCUT2D eigenvalue weighted by molar-refractivity contribution is -0.110. The SMILES string of the molecule is O=C1Nc2c(Br)cc(Br)cc2C1=Cc1ccc(C(=O)O)cc1. The number of carboxylic acids is 1. The highest BCUT2D eigenvalue weighted by molar-refractivity contribution is 9.11. The average Bonchev–Trinajstić information content (AvgIpc) is 2.77. The molecule has 2 aromatic rings. The van der Waals surface area contributed by atoms with E-state index in [1.54, 1.807) is 18.2 Å². The smallest absolute Gasteiger partial charge is 0.335 e. The third-order valence-electron chi connectivity index (χ3n) is 3.30. The van der Waals surface area contributed by atoms with Gasteiger partial charge in [0.1, 0.15) is 0 Å². The van der Waals surface area contributed by atoms with E-state index in [9.17, 15) is 9.59 Å². The fraction of sp³-hybridized carbons (Fsp3) is 0. The van der Waals surface area contributed by atoms with Crippen LogP contribution in [0.25, 0.3) is 11.6 Å². The van der Waals surface area contributed by atoms with Gasteiger partial charge in [0.15, 0.2) is 0 Å². The average molecular weight is 423 g/mol. The molecular weight excluding hydrogens is 414 g/mol. The molecule has 1 amide bonds. The van der Waals surface area contributed by atoms with Gasteiger partial charge in [-0.1, -0.05) is 28.1 Å².